The van der Waals surface area contributed by atoms with E-state index in [1.807, 2.05) is 20.8 Å². The van der Waals surface area contributed by atoms with E-state index in [2.05, 4.69) is 6.92 Å². The first-order chi connectivity index (χ1) is 4.06. The molecule has 0 aliphatic rings. The number of hydrogen-bond donors (Lipinski definition) is 0. The van der Waals surface area contributed by atoms with Crippen molar-refractivity contribution in [3.63, 3.8) is 0 Å². The van der Waals surface area contributed by atoms with E-state index in [1.54, 1.807) is 0 Å². The van der Waals surface area contributed by atoms with Crippen molar-refractivity contribution < 1.29 is 28.5 Å². The first-order valence-corrected chi connectivity index (χ1v) is 3.33. The Morgan fingerprint density at radius 1 is 1.44 bits per heavy atom. The van der Waals surface area contributed by atoms with Crippen molar-refractivity contribution in [1.29, 1.82) is 0 Å². The van der Waals surface area contributed by atoms with E-state index in [1.165, 1.54) is 0 Å². The van der Waals surface area contributed by atoms with Gasteiger partial charge in [-0.25, -0.2) is 0 Å². The second kappa shape index (κ2) is 6.59. The summed E-state index contributed by atoms with van der Waals surface area (Å²) in [6.45, 7) is 10.1. The molecule has 0 unspecified atom stereocenters. The van der Waals surface area contributed by atoms with Crippen molar-refractivity contribution in [2.24, 2.45) is 0 Å². The van der Waals surface area contributed by atoms with Gasteiger partial charge in [-0.2, -0.15) is 0 Å². The van der Waals surface area contributed by atoms with E-state index in [0.29, 0.717) is 6.61 Å². The number of hydrogen-bond acceptors (Lipinski definition) is 2. The van der Waals surface area contributed by atoms with Crippen LogP contribution in [0.25, 0.3) is 0 Å². The third-order valence-corrected chi connectivity index (χ3v) is 0.535. The van der Waals surface area contributed by atoms with E-state index >= 15 is 0 Å². The molecule has 0 radical (unpaired) electrons. The van der Waals surface area contributed by atoms with E-state index in [9.17, 15) is 0 Å². The van der Waals surface area contributed by atoms with Gasteiger partial charge in [-0.15, -0.1) is 0 Å². The molecule has 0 N–H and O–H groups in total. The van der Waals surface area contributed by atoms with Crippen LogP contribution >= 0.6 is 0 Å². The molecular weight excluding hydrogens is 152 g/mol. The Morgan fingerprint density at radius 2 is 1.78 bits per heavy atom. The minimum absolute atomic E-state index is 0.0122. The van der Waals surface area contributed by atoms with Crippen molar-refractivity contribution in [3.8, 4) is 0 Å². The SMILES string of the molecule is [CH2-]COC(C)(C)C.[O]=[Ti+]. The Hall–Kier alpha value is 0.474. The normalized spacial score (nSPS) is 10.0. The Labute approximate surface area is 68.7 Å². The molecule has 0 saturated carbocycles. The van der Waals surface area contributed by atoms with E-state index in [0.717, 1.165) is 20.4 Å². The van der Waals surface area contributed by atoms with Crippen LogP contribution in [0.1, 0.15) is 20.8 Å². The molecule has 0 amide bonds. The molecule has 0 atom stereocenters. The van der Waals surface area contributed by atoms with Crippen LogP contribution in [0.2, 0.25) is 0 Å². The average molecular weight is 165 g/mol. The molecule has 0 rings (SSSR count). The Bertz CT molecular complexity index is 58.6. The van der Waals surface area contributed by atoms with E-state index < -0.39 is 0 Å². The van der Waals surface area contributed by atoms with Crippen molar-refractivity contribution in [2.75, 3.05) is 6.61 Å². The third kappa shape index (κ3) is 17.7. The first-order valence-electron chi connectivity index (χ1n) is 2.70. The van der Waals surface area contributed by atoms with E-state index in [-0.39, 0.29) is 5.60 Å². The summed E-state index contributed by atoms with van der Waals surface area (Å²) in [6.07, 6.45) is 0. The van der Waals surface area contributed by atoms with Gasteiger partial charge in [-0.1, -0.05) is 6.61 Å². The molecule has 2 nitrogen and oxygen atoms in total. The summed E-state index contributed by atoms with van der Waals surface area (Å²) in [6, 6.07) is 0. The van der Waals surface area contributed by atoms with E-state index in [4.69, 9.17) is 8.06 Å². The number of rotatable bonds is 1. The van der Waals surface area contributed by atoms with Gasteiger partial charge < -0.3 is 11.7 Å². The Morgan fingerprint density at radius 3 is 1.78 bits per heavy atom. The number of ether oxygens (including phenoxy) is 1. The molecule has 0 fully saturated rings. The molecule has 0 aliphatic heterocycles. The first kappa shape index (κ1) is 12.2. The molecule has 0 aromatic rings. The molecule has 0 saturated heterocycles. The predicted molar refractivity (Wildman–Crippen MR) is 31.7 cm³/mol. The van der Waals surface area contributed by atoms with Crippen LogP contribution in [0, 0.1) is 6.92 Å². The predicted octanol–water partition coefficient (Wildman–Crippen LogP) is 1.51. The van der Waals surface area contributed by atoms with Gasteiger partial charge in [0.25, 0.3) is 0 Å². The van der Waals surface area contributed by atoms with Crippen LogP contribution in [-0.2, 0) is 28.5 Å². The van der Waals surface area contributed by atoms with Gasteiger partial charge in [0.2, 0.25) is 0 Å². The zero-order valence-electron chi connectivity index (χ0n) is 6.23. The molecule has 9 heavy (non-hydrogen) atoms. The zero-order chi connectivity index (χ0) is 7.91. The van der Waals surface area contributed by atoms with Crippen LogP contribution in [0.5, 0.6) is 0 Å². The van der Waals surface area contributed by atoms with Gasteiger partial charge >= 0.3 is 23.7 Å². The van der Waals surface area contributed by atoms with Crippen LogP contribution in [0.15, 0.2) is 0 Å². The molecule has 0 aromatic heterocycles. The van der Waals surface area contributed by atoms with Crippen LogP contribution in [0.4, 0.5) is 0 Å². The standard InChI is InChI=1S/C6H13O.O.Ti/c1-5-7-6(2,3)4;;/h1,5H2,2-4H3;;/q-1;;+1. The molecule has 0 spiro atoms. The second-order valence-corrected chi connectivity index (χ2v) is 2.46. The molecule has 0 bridgehead atoms. The zero-order valence-corrected chi connectivity index (χ0v) is 7.79. The molecule has 3 heteroatoms. The van der Waals surface area contributed by atoms with Crippen molar-refractivity contribution in [2.45, 2.75) is 26.4 Å². The summed E-state index contributed by atoms with van der Waals surface area (Å²) in [7, 11) is 0. The van der Waals surface area contributed by atoms with Crippen LogP contribution in [0.3, 0.4) is 0 Å². The van der Waals surface area contributed by atoms with Gasteiger partial charge in [0.15, 0.2) is 0 Å². The summed E-state index contributed by atoms with van der Waals surface area (Å²) < 4.78 is 13.4. The molecule has 0 aromatic carbocycles. The fourth-order valence-electron chi connectivity index (χ4n) is 0.306. The average Bonchev–Trinajstić information content (AvgIpc) is 1.69. The fraction of sp³-hybridized carbons (Fsp3) is 0.833. The van der Waals surface area contributed by atoms with Gasteiger partial charge in [-0.05, 0) is 20.8 Å². The summed E-state index contributed by atoms with van der Waals surface area (Å²) >= 11 is 0.750. The Balaban J connectivity index is 0. The van der Waals surface area contributed by atoms with Crippen molar-refractivity contribution >= 4 is 0 Å². The van der Waals surface area contributed by atoms with Gasteiger partial charge in [0.05, 0.1) is 5.60 Å². The molecule has 0 heterocycles. The molecule has 53 valence electrons. The Kier molecular flexibility index (Phi) is 8.92. The van der Waals surface area contributed by atoms with Gasteiger partial charge in [-0.3, -0.25) is 0 Å². The van der Waals surface area contributed by atoms with Gasteiger partial charge in [0.1, 0.15) is 0 Å². The summed E-state index contributed by atoms with van der Waals surface area (Å²) in [5, 5.41) is 0. The maximum absolute atomic E-state index is 8.25. The van der Waals surface area contributed by atoms with Crippen molar-refractivity contribution in [3.05, 3.63) is 6.92 Å². The van der Waals surface area contributed by atoms with Crippen LogP contribution < -0.4 is 0 Å². The second-order valence-electron chi connectivity index (χ2n) is 2.46. The monoisotopic (exact) mass is 165 g/mol. The fourth-order valence-corrected chi connectivity index (χ4v) is 0.306. The van der Waals surface area contributed by atoms with Crippen LogP contribution in [-0.4, -0.2) is 12.2 Å². The third-order valence-electron chi connectivity index (χ3n) is 0.535. The quantitative estimate of drug-likeness (QED) is 0.434. The molecular formula is C6H13O2Ti. The van der Waals surface area contributed by atoms with Gasteiger partial charge in [0, 0.05) is 0 Å². The topological polar surface area (TPSA) is 26.3 Å². The summed E-state index contributed by atoms with van der Waals surface area (Å²) in [5.74, 6) is 0. The minimum atomic E-state index is -0.0122. The summed E-state index contributed by atoms with van der Waals surface area (Å²) in [5.41, 5.74) is -0.0122. The molecule has 0 aliphatic carbocycles. The van der Waals surface area contributed by atoms with Crippen molar-refractivity contribution in [1.82, 2.24) is 0 Å². The maximum atomic E-state index is 8.25. The summed E-state index contributed by atoms with van der Waals surface area (Å²) in [4.78, 5) is 0.